The Morgan fingerprint density at radius 3 is 2.73 bits per heavy atom. The van der Waals surface area contributed by atoms with Crippen LogP contribution in [0.2, 0.25) is 10.0 Å². The summed E-state index contributed by atoms with van der Waals surface area (Å²) in [4.78, 5) is 32.9. The number of halogens is 2. The van der Waals surface area contributed by atoms with Gasteiger partial charge in [-0.2, -0.15) is 0 Å². The minimum absolute atomic E-state index is 0.173. The third-order valence-electron chi connectivity index (χ3n) is 4.25. The number of nitrogens with one attached hydrogen (secondary N) is 2. The number of thioether (sulfide) groups is 1. The molecule has 0 radical (unpaired) electrons. The fraction of sp³-hybridized carbons (Fsp3) is 0.0952. The maximum atomic E-state index is 12.7. The van der Waals surface area contributed by atoms with Gasteiger partial charge in [0.1, 0.15) is 10.7 Å². The van der Waals surface area contributed by atoms with Crippen molar-refractivity contribution in [3.63, 3.8) is 0 Å². The Hall–Kier alpha value is -2.32. The topological polar surface area (TPSA) is 74.8 Å². The fourth-order valence-corrected chi connectivity index (χ4v) is 5.02. The number of rotatable bonds is 6. The van der Waals surface area contributed by atoms with E-state index in [1.165, 1.54) is 23.1 Å². The monoisotopic (exact) mass is 475 g/mol. The van der Waals surface area contributed by atoms with Crippen LogP contribution in [0.3, 0.4) is 0 Å². The van der Waals surface area contributed by atoms with Crippen molar-refractivity contribution in [2.75, 3.05) is 11.1 Å². The highest BCUT2D eigenvalue weighted by Crippen LogP contribution is 2.30. The Balaban J connectivity index is 1.42. The molecule has 9 heteroatoms. The molecule has 152 valence electrons. The third-order valence-corrected chi connectivity index (χ3v) is 6.62. The SMILES string of the molecule is O=C(CSCc1nc2scc(-c3ccccc3)c2c(=O)[nH]1)Nc1ccc(Cl)cc1Cl. The Kier molecular flexibility index (Phi) is 6.43. The summed E-state index contributed by atoms with van der Waals surface area (Å²) in [5.41, 5.74) is 2.19. The van der Waals surface area contributed by atoms with E-state index in [1.54, 1.807) is 18.2 Å². The third kappa shape index (κ3) is 4.70. The average molecular weight is 476 g/mol. The van der Waals surface area contributed by atoms with Crippen molar-refractivity contribution in [3.05, 3.63) is 80.1 Å². The number of fused-ring (bicyclic) bond motifs is 1. The van der Waals surface area contributed by atoms with Crippen molar-refractivity contribution < 1.29 is 4.79 Å². The normalized spacial score (nSPS) is 11.0. The molecule has 5 nitrogen and oxygen atoms in total. The number of anilines is 1. The number of amides is 1. The molecule has 2 aromatic heterocycles. The van der Waals surface area contributed by atoms with E-state index in [9.17, 15) is 9.59 Å². The average Bonchev–Trinajstić information content (AvgIpc) is 3.15. The number of carbonyl (C=O) groups is 1. The van der Waals surface area contributed by atoms with E-state index < -0.39 is 0 Å². The second-order valence-electron chi connectivity index (χ2n) is 6.37. The number of thiophene rings is 1. The molecule has 2 aromatic carbocycles. The van der Waals surface area contributed by atoms with Crippen molar-refractivity contribution in [1.82, 2.24) is 9.97 Å². The molecule has 0 saturated heterocycles. The molecule has 2 N–H and O–H groups in total. The van der Waals surface area contributed by atoms with Gasteiger partial charge in [0.15, 0.2) is 0 Å². The zero-order valence-corrected chi connectivity index (χ0v) is 18.6. The Labute approximate surface area is 190 Å². The van der Waals surface area contributed by atoms with Crippen LogP contribution in [-0.2, 0) is 10.5 Å². The lowest BCUT2D eigenvalue weighted by Gasteiger charge is -2.07. The highest BCUT2D eigenvalue weighted by molar-refractivity contribution is 7.99. The molecule has 4 aromatic rings. The highest BCUT2D eigenvalue weighted by atomic mass is 35.5. The molecule has 0 fully saturated rings. The van der Waals surface area contributed by atoms with Crippen LogP contribution in [0.5, 0.6) is 0 Å². The van der Waals surface area contributed by atoms with E-state index in [0.29, 0.717) is 37.5 Å². The minimum Gasteiger partial charge on any atom is -0.324 e. The van der Waals surface area contributed by atoms with Crippen molar-refractivity contribution in [2.45, 2.75) is 5.75 Å². The molecule has 30 heavy (non-hydrogen) atoms. The second kappa shape index (κ2) is 9.22. The largest absolute Gasteiger partial charge is 0.324 e. The van der Waals surface area contributed by atoms with Crippen LogP contribution in [0.25, 0.3) is 21.3 Å². The van der Waals surface area contributed by atoms with Gasteiger partial charge in [-0.15, -0.1) is 23.1 Å². The maximum absolute atomic E-state index is 12.7. The van der Waals surface area contributed by atoms with Gasteiger partial charge in [0.05, 0.1) is 27.6 Å². The lowest BCUT2D eigenvalue weighted by Crippen LogP contribution is -2.15. The Bertz CT molecular complexity index is 1270. The first-order valence-electron chi connectivity index (χ1n) is 8.90. The zero-order chi connectivity index (χ0) is 21.1. The molecular weight excluding hydrogens is 461 g/mol. The van der Waals surface area contributed by atoms with Crippen LogP contribution >= 0.6 is 46.3 Å². The molecule has 4 rings (SSSR count). The summed E-state index contributed by atoms with van der Waals surface area (Å²) in [7, 11) is 0. The summed E-state index contributed by atoms with van der Waals surface area (Å²) < 4.78 is 0. The first-order valence-corrected chi connectivity index (χ1v) is 11.7. The number of H-pyrrole nitrogens is 1. The van der Waals surface area contributed by atoms with E-state index in [-0.39, 0.29) is 17.2 Å². The molecule has 0 spiro atoms. The molecule has 0 atom stereocenters. The Morgan fingerprint density at radius 1 is 1.17 bits per heavy atom. The van der Waals surface area contributed by atoms with Gasteiger partial charge in [-0.3, -0.25) is 9.59 Å². The number of hydrogen-bond donors (Lipinski definition) is 2. The van der Waals surface area contributed by atoms with Crippen LogP contribution in [0.1, 0.15) is 5.82 Å². The molecule has 0 unspecified atom stereocenters. The van der Waals surface area contributed by atoms with Crippen LogP contribution in [0.4, 0.5) is 5.69 Å². The maximum Gasteiger partial charge on any atom is 0.260 e. The quantitative estimate of drug-likeness (QED) is 0.367. The molecule has 0 aliphatic carbocycles. The van der Waals surface area contributed by atoms with Crippen molar-refractivity contribution in [3.8, 4) is 11.1 Å². The smallest absolute Gasteiger partial charge is 0.260 e. The summed E-state index contributed by atoms with van der Waals surface area (Å²) >= 11 is 14.7. The summed E-state index contributed by atoms with van der Waals surface area (Å²) in [6, 6.07) is 14.6. The standard InChI is InChI=1S/C21H15Cl2N3O2S2/c22-13-6-7-16(15(23)8-13)24-18(27)11-29-10-17-25-20(28)19-14(9-30-21(19)26-17)12-4-2-1-3-5-12/h1-9H,10-11H2,(H,24,27)(H,25,26,28). The first kappa shape index (κ1) is 20.9. The lowest BCUT2D eigenvalue weighted by atomic mass is 10.1. The molecule has 0 aliphatic rings. The van der Waals surface area contributed by atoms with E-state index in [1.807, 2.05) is 35.7 Å². The van der Waals surface area contributed by atoms with Crippen molar-refractivity contribution >= 4 is 68.1 Å². The highest BCUT2D eigenvalue weighted by Gasteiger charge is 2.13. The molecule has 0 bridgehead atoms. The fourth-order valence-electron chi connectivity index (χ4n) is 2.91. The van der Waals surface area contributed by atoms with Crippen LogP contribution in [-0.4, -0.2) is 21.6 Å². The van der Waals surface area contributed by atoms with Gasteiger partial charge in [0, 0.05) is 16.0 Å². The number of benzene rings is 2. The second-order valence-corrected chi connectivity index (χ2v) is 9.06. The minimum atomic E-state index is -0.199. The number of nitrogens with zero attached hydrogens (tertiary/aromatic N) is 1. The number of aromatic amines is 1. The van der Waals surface area contributed by atoms with E-state index in [4.69, 9.17) is 23.2 Å². The Morgan fingerprint density at radius 2 is 1.97 bits per heavy atom. The summed E-state index contributed by atoms with van der Waals surface area (Å²) in [5, 5.41) is 6.17. The van der Waals surface area contributed by atoms with E-state index in [2.05, 4.69) is 15.3 Å². The molecule has 0 aliphatic heterocycles. The zero-order valence-electron chi connectivity index (χ0n) is 15.4. The summed E-state index contributed by atoms with van der Waals surface area (Å²) in [5.74, 6) is 0.942. The predicted molar refractivity (Wildman–Crippen MR) is 127 cm³/mol. The van der Waals surface area contributed by atoms with Gasteiger partial charge in [0.25, 0.3) is 5.56 Å². The van der Waals surface area contributed by atoms with Gasteiger partial charge in [-0.1, -0.05) is 53.5 Å². The predicted octanol–water partition coefficient (Wildman–Crippen LogP) is 5.83. The van der Waals surface area contributed by atoms with Crippen molar-refractivity contribution in [1.29, 1.82) is 0 Å². The molecular formula is C21H15Cl2N3O2S2. The van der Waals surface area contributed by atoms with Crippen molar-refractivity contribution in [2.24, 2.45) is 0 Å². The van der Waals surface area contributed by atoms with Gasteiger partial charge in [0.2, 0.25) is 5.91 Å². The molecule has 1 amide bonds. The van der Waals surface area contributed by atoms with Gasteiger partial charge >= 0.3 is 0 Å². The summed E-state index contributed by atoms with van der Waals surface area (Å²) in [6.45, 7) is 0. The van der Waals surface area contributed by atoms with E-state index >= 15 is 0 Å². The van der Waals surface area contributed by atoms with Gasteiger partial charge in [-0.25, -0.2) is 4.98 Å². The van der Waals surface area contributed by atoms with Crippen LogP contribution in [0.15, 0.2) is 58.7 Å². The lowest BCUT2D eigenvalue weighted by molar-refractivity contribution is -0.113. The van der Waals surface area contributed by atoms with Gasteiger partial charge in [-0.05, 0) is 23.8 Å². The number of hydrogen-bond acceptors (Lipinski definition) is 5. The summed E-state index contributed by atoms with van der Waals surface area (Å²) in [6.07, 6.45) is 0. The van der Waals surface area contributed by atoms with Crippen LogP contribution < -0.4 is 10.9 Å². The molecule has 2 heterocycles. The molecule has 0 saturated carbocycles. The number of carbonyl (C=O) groups excluding carboxylic acids is 1. The first-order chi connectivity index (χ1) is 14.5. The van der Waals surface area contributed by atoms with E-state index in [0.717, 1.165) is 11.1 Å². The van der Waals surface area contributed by atoms with Crippen LogP contribution in [0, 0.1) is 0 Å². The van der Waals surface area contributed by atoms with Gasteiger partial charge < -0.3 is 10.3 Å². The number of aromatic nitrogens is 2.